The second kappa shape index (κ2) is 16.0. The van der Waals surface area contributed by atoms with E-state index in [0.29, 0.717) is 47.1 Å². The standard InChI is InChI=1S/C23H29Cl3N2O4S.H2S/c1-27(33-32-20-16-21(25)23(22(26)17-20)31-12-2-8-24)18-4-6-19(7-5-18)30-13-3-9-28-10-14-29-15-11-28;/h4-7,16-17H,2-3,8-15H2,1H3;1H2. The normalized spacial score (nSPS) is 13.8. The van der Waals surface area contributed by atoms with Crippen molar-refractivity contribution in [2.75, 3.05) is 63.3 Å². The van der Waals surface area contributed by atoms with E-state index < -0.39 is 0 Å². The van der Waals surface area contributed by atoms with E-state index >= 15 is 0 Å². The van der Waals surface area contributed by atoms with Gasteiger partial charge in [-0.1, -0.05) is 23.2 Å². The van der Waals surface area contributed by atoms with Crippen molar-refractivity contribution in [3.8, 4) is 17.2 Å². The number of ether oxygens (including phenoxy) is 3. The molecule has 1 aliphatic heterocycles. The molecule has 11 heteroatoms. The van der Waals surface area contributed by atoms with Crippen LogP contribution in [-0.4, -0.2) is 63.9 Å². The highest BCUT2D eigenvalue weighted by atomic mass is 35.5. The van der Waals surface area contributed by atoms with Crippen LogP contribution >= 0.6 is 60.5 Å². The van der Waals surface area contributed by atoms with Gasteiger partial charge in [0.1, 0.15) is 11.5 Å². The Morgan fingerprint density at radius 2 is 1.62 bits per heavy atom. The number of hydrogen-bond donors (Lipinski definition) is 0. The second-order valence-corrected chi connectivity index (χ2v) is 9.47. The largest absolute Gasteiger partial charge is 0.494 e. The lowest BCUT2D eigenvalue weighted by Crippen LogP contribution is -2.37. The smallest absolute Gasteiger partial charge is 0.179 e. The van der Waals surface area contributed by atoms with Crippen LogP contribution in [-0.2, 0) is 4.74 Å². The number of alkyl halides is 1. The molecule has 2 aromatic rings. The Morgan fingerprint density at radius 1 is 0.971 bits per heavy atom. The summed E-state index contributed by atoms with van der Waals surface area (Å²) in [6.45, 7) is 5.84. The number of morpholine rings is 1. The predicted octanol–water partition coefficient (Wildman–Crippen LogP) is 6.29. The lowest BCUT2D eigenvalue weighted by molar-refractivity contribution is 0.0358. The molecule has 0 unspecified atom stereocenters. The van der Waals surface area contributed by atoms with Gasteiger partial charge in [0.05, 0.1) is 36.5 Å². The minimum absolute atomic E-state index is 0. The van der Waals surface area contributed by atoms with Gasteiger partial charge in [-0.05, 0) is 37.1 Å². The fourth-order valence-corrected chi connectivity index (χ4v) is 4.34. The van der Waals surface area contributed by atoms with Crippen LogP contribution in [0.25, 0.3) is 0 Å². The van der Waals surface area contributed by atoms with E-state index in [9.17, 15) is 0 Å². The minimum atomic E-state index is 0. The Kier molecular flexibility index (Phi) is 13.8. The van der Waals surface area contributed by atoms with Gasteiger partial charge in [-0.2, -0.15) is 13.5 Å². The second-order valence-electron chi connectivity index (χ2n) is 7.41. The van der Waals surface area contributed by atoms with E-state index in [2.05, 4.69) is 4.90 Å². The molecule has 0 atom stereocenters. The summed E-state index contributed by atoms with van der Waals surface area (Å²) in [7, 11) is 1.91. The SMILES string of the molecule is CN(SOc1cc(Cl)c(OCCCCl)c(Cl)c1)c1ccc(OCCCN2CCOCC2)cc1.S. The van der Waals surface area contributed by atoms with Crippen molar-refractivity contribution in [3.05, 3.63) is 46.4 Å². The third-order valence-electron chi connectivity index (χ3n) is 4.93. The summed E-state index contributed by atoms with van der Waals surface area (Å²) < 4.78 is 24.5. The maximum atomic E-state index is 6.29. The maximum Gasteiger partial charge on any atom is 0.179 e. The molecule has 0 aliphatic carbocycles. The highest BCUT2D eigenvalue weighted by molar-refractivity contribution is 7.96. The maximum absolute atomic E-state index is 6.29. The summed E-state index contributed by atoms with van der Waals surface area (Å²) in [5.74, 6) is 2.34. The highest BCUT2D eigenvalue weighted by Gasteiger charge is 2.13. The predicted molar refractivity (Wildman–Crippen MR) is 148 cm³/mol. The first-order chi connectivity index (χ1) is 16.1. The average molecular weight is 570 g/mol. The van der Waals surface area contributed by atoms with Crippen molar-refractivity contribution < 1.29 is 18.4 Å². The van der Waals surface area contributed by atoms with Crippen LogP contribution in [0, 0.1) is 0 Å². The van der Waals surface area contributed by atoms with Gasteiger partial charge in [0.15, 0.2) is 18.0 Å². The van der Waals surface area contributed by atoms with Gasteiger partial charge in [-0.25, -0.2) is 0 Å². The molecule has 0 N–H and O–H groups in total. The molecule has 34 heavy (non-hydrogen) atoms. The van der Waals surface area contributed by atoms with Crippen molar-refractivity contribution >= 4 is 66.2 Å². The molecule has 2 aromatic carbocycles. The van der Waals surface area contributed by atoms with Crippen molar-refractivity contribution in [1.82, 2.24) is 4.90 Å². The zero-order chi connectivity index (χ0) is 23.5. The van der Waals surface area contributed by atoms with Crippen molar-refractivity contribution in [2.24, 2.45) is 0 Å². The number of rotatable bonds is 13. The van der Waals surface area contributed by atoms with E-state index in [1.54, 1.807) is 12.1 Å². The molecule has 3 rings (SSSR count). The van der Waals surface area contributed by atoms with E-state index in [1.165, 1.54) is 12.2 Å². The summed E-state index contributed by atoms with van der Waals surface area (Å²) in [6.07, 6.45) is 1.71. The summed E-state index contributed by atoms with van der Waals surface area (Å²) in [5.41, 5.74) is 0.971. The molecule has 0 amide bonds. The molecule has 6 nitrogen and oxygen atoms in total. The Balaban J connectivity index is 0.00000408. The average Bonchev–Trinajstić information content (AvgIpc) is 2.83. The van der Waals surface area contributed by atoms with Gasteiger partial charge < -0.3 is 18.4 Å². The van der Waals surface area contributed by atoms with Crippen molar-refractivity contribution in [3.63, 3.8) is 0 Å². The quantitative estimate of drug-likeness (QED) is 0.121. The molecular formula is C23H31Cl3N2O4S2. The van der Waals surface area contributed by atoms with E-state index in [-0.39, 0.29) is 13.5 Å². The van der Waals surface area contributed by atoms with Gasteiger partial charge in [0.25, 0.3) is 0 Å². The lowest BCUT2D eigenvalue weighted by Gasteiger charge is -2.26. The Bertz CT molecular complexity index is 836. The van der Waals surface area contributed by atoms with Gasteiger partial charge in [0.2, 0.25) is 0 Å². The first-order valence-electron chi connectivity index (χ1n) is 10.9. The fraction of sp³-hybridized carbons (Fsp3) is 0.478. The number of nitrogens with zero attached hydrogens (tertiary/aromatic N) is 2. The first-order valence-corrected chi connectivity index (χ1v) is 12.8. The lowest BCUT2D eigenvalue weighted by atomic mass is 10.3. The number of benzene rings is 2. The topological polar surface area (TPSA) is 43.4 Å². The molecule has 1 saturated heterocycles. The Hall–Kier alpha value is -0.870. The third kappa shape index (κ3) is 9.64. The minimum Gasteiger partial charge on any atom is -0.494 e. The van der Waals surface area contributed by atoms with Gasteiger partial charge in [-0.3, -0.25) is 9.21 Å². The summed E-state index contributed by atoms with van der Waals surface area (Å²) >= 11 is 19.4. The summed E-state index contributed by atoms with van der Waals surface area (Å²) in [6, 6.07) is 11.3. The van der Waals surface area contributed by atoms with Gasteiger partial charge >= 0.3 is 0 Å². The summed E-state index contributed by atoms with van der Waals surface area (Å²) in [5, 5.41) is 0.788. The van der Waals surface area contributed by atoms with E-state index in [1.807, 2.05) is 35.6 Å². The number of halogens is 3. The van der Waals surface area contributed by atoms with Gasteiger partial charge in [-0.15, -0.1) is 11.6 Å². The fourth-order valence-electron chi connectivity index (χ4n) is 3.15. The molecule has 1 fully saturated rings. The summed E-state index contributed by atoms with van der Waals surface area (Å²) in [4.78, 5) is 2.41. The van der Waals surface area contributed by atoms with Crippen molar-refractivity contribution in [2.45, 2.75) is 12.8 Å². The molecule has 1 heterocycles. The van der Waals surface area contributed by atoms with Crippen LogP contribution < -0.4 is 18.0 Å². The van der Waals surface area contributed by atoms with Crippen LogP contribution in [0.3, 0.4) is 0 Å². The van der Waals surface area contributed by atoms with Crippen molar-refractivity contribution in [1.29, 1.82) is 0 Å². The first kappa shape index (κ1) is 29.4. The molecule has 0 saturated carbocycles. The third-order valence-corrected chi connectivity index (χ3v) is 6.46. The van der Waals surface area contributed by atoms with Crippen LogP contribution in [0.15, 0.2) is 36.4 Å². The monoisotopic (exact) mass is 568 g/mol. The number of hydrogen-bond acceptors (Lipinski definition) is 7. The molecule has 190 valence electrons. The van der Waals surface area contributed by atoms with Gasteiger partial charge in [0, 0.05) is 50.4 Å². The van der Waals surface area contributed by atoms with Crippen LogP contribution in [0.5, 0.6) is 17.2 Å². The Morgan fingerprint density at radius 3 is 2.26 bits per heavy atom. The molecule has 1 aliphatic rings. The molecule has 0 aromatic heterocycles. The van der Waals surface area contributed by atoms with E-state index in [4.69, 9.17) is 53.2 Å². The zero-order valence-electron chi connectivity index (χ0n) is 19.1. The number of anilines is 1. The Labute approximate surface area is 228 Å². The van der Waals surface area contributed by atoms with Crippen LogP contribution in [0.4, 0.5) is 5.69 Å². The van der Waals surface area contributed by atoms with E-state index in [0.717, 1.165) is 50.7 Å². The molecule has 0 bridgehead atoms. The molecule has 0 radical (unpaired) electrons. The van der Waals surface area contributed by atoms with Crippen LogP contribution in [0.2, 0.25) is 10.0 Å². The zero-order valence-corrected chi connectivity index (χ0v) is 23.2. The van der Waals surface area contributed by atoms with Crippen LogP contribution in [0.1, 0.15) is 12.8 Å². The highest BCUT2D eigenvalue weighted by Crippen LogP contribution is 2.38. The molecule has 0 spiro atoms. The molecular weight excluding hydrogens is 539 g/mol.